The number of hydrogen-bond donors (Lipinski definition) is 0. The number of para-hydroxylation sites is 2. The van der Waals surface area contributed by atoms with Crippen LogP contribution in [0.1, 0.15) is 46.4 Å². The van der Waals surface area contributed by atoms with Crippen molar-refractivity contribution in [2.24, 2.45) is 0 Å². The van der Waals surface area contributed by atoms with Crippen LogP contribution in [0.2, 0.25) is 0 Å². The number of hydrogen-bond acceptors (Lipinski definition) is 7. The molecule has 0 amide bonds. The second-order valence-corrected chi connectivity index (χ2v) is 6.31. The molecule has 0 aromatic heterocycles. The molecule has 0 heterocycles. The maximum Gasteiger partial charge on any atom is 0.477 e. The zero-order valence-electron chi connectivity index (χ0n) is 16.7. The summed E-state index contributed by atoms with van der Waals surface area (Å²) in [6.07, 6.45) is 4.05. The van der Waals surface area contributed by atoms with E-state index in [9.17, 15) is 14.5 Å². The van der Waals surface area contributed by atoms with Crippen molar-refractivity contribution in [2.75, 3.05) is 26.4 Å². The van der Waals surface area contributed by atoms with Gasteiger partial charge in [0.25, 0.3) is 0 Å². The van der Waals surface area contributed by atoms with Crippen LogP contribution in [0.25, 0.3) is 0 Å². The molecule has 0 fully saturated rings. The number of nitrogens with zero attached hydrogens (tertiary/aromatic N) is 1. The molecule has 8 nitrogen and oxygen atoms in total. The van der Waals surface area contributed by atoms with Crippen LogP contribution >= 0.6 is 0 Å². The first kappa shape index (κ1) is 22.9. The second kappa shape index (κ2) is 13.7. The van der Waals surface area contributed by atoms with Gasteiger partial charge in [-0.25, -0.2) is 0 Å². The Bertz CT molecular complexity index is 744. The first-order valence-corrected chi connectivity index (χ1v) is 9.81. The number of carbonyl (C=O) groups is 2. The molecule has 2 aromatic rings. The largest absolute Gasteiger partial charge is 0.493 e. The summed E-state index contributed by atoms with van der Waals surface area (Å²) in [5.74, 6) is 1.08. The van der Waals surface area contributed by atoms with Gasteiger partial charge in [0.2, 0.25) is 0 Å². The fraction of sp³-hybridized carbons (Fsp3) is 0.364. The Hall–Kier alpha value is -3.42. The van der Waals surface area contributed by atoms with E-state index in [4.69, 9.17) is 19.1 Å². The van der Waals surface area contributed by atoms with Crippen molar-refractivity contribution in [3.63, 3.8) is 0 Å². The number of rotatable bonds is 16. The highest BCUT2D eigenvalue weighted by Crippen LogP contribution is 2.16. The highest BCUT2D eigenvalue weighted by molar-refractivity contribution is 5.79. The molecule has 0 aliphatic carbocycles. The van der Waals surface area contributed by atoms with Crippen LogP contribution in [0, 0.1) is 4.91 Å². The van der Waals surface area contributed by atoms with Gasteiger partial charge in [0.05, 0.1) is 24.3 Å². The molecule has 0 bridgehead atoms. The van der Waals surface area contributed by atoms with E-state index in [-0.39, 0.29) is 18.3 Å². The van der Waals surface area contributed by atoms with Gasteiger partial charge in [-0.05, 0) is 49.9 Å². The SMILES string of the molecule is O=Cc1ccccc1OCCCCO[N+](=O)OCCCCOc1ccccc1C=O. The van der Waals surface area contributed by atoms with E-state index in [1.807, 2.05) is 0 Å². The van der Waals surface area contributed by atoms with Crippen molar-refractivity contribution in [3.05, 3.63) is 64.6 Å². The van der Waals surface area contributed by atoms with E-state index in [2.05, 4.69) is 0 Å². The number of ether oxygens (including phenoxy) is 2. The molecule has 0 unspecified atom stereocenters. The van der Waals surface area contributed by atoms with Crippen molar-refractivity contribution in [1.82, 2.24) is 0 Å². The van der Waals surface area contributed by atoms with Crippen LogP contribution in [-0.2, 0) is 9.68 Å². The predicted molar refractivity (Wildman–Crippen MR) is 109 cm³/mol. The third kappa shape index (κ3) is 8.30. The maximum atomic E-state index is 11.5. The van der Waals surface area contributed by atoms with Crippen molar-refractivity contribution in [3.8, 4) is 11.5 Å². The summed E-state index contributed by atoms with van der Waals surface area (Å²) >= 11 is 0. The van der Waals surface area contributed by atoms with Gasteiger partial charge >= 0.3 is 5.09 Å². The predicted octanol–water partition coefficient (Wildman–Crippen LogP) is 3.97. The Morgan fingerprint density at radius 2 is 1.03 bits per heavy atom. The molecule has 160 valence electrons. The highest BCUT2D eigenvalue weighted by Gasteiger charge is 2.11. The van der Waals surface area contributed by atoms with E-state index in [1.165, 1.54) is 0 Å². The van der Waals surface area contributed by atoms with Crippen LogP contribution in [0.5, 0.6) is 11.5 Å². The first-order valence-electron chi connectivity index (χ1n) is 9.81. The summed E-state index contributed by atoms with van der Waals surface area (Å²) in [6.45, 7) is 1.24. The Morgan fingerprint density at radius 1 is 0.633 bits per heavy atom. The average Bonchev–Trinajstić information content (AvgIpc) is 2.78. The zero-order chi connectivity index (χ0) is 21.4. The van der Waals surface area contributed by atoms with E-state index in [1.54, 1.807) is 48.5 Å². The fourth-order valence-electron chi connectivity index (χ4n) is 2.51. The van der Waals surface area contributed by atoms with E-state index < -0.39 is 0 Å². The Kier molecular flexibility index (Phi) is 10.4. The van der Waals surface area contributed by atoms with Gasteiger partial charge in [0, 0.05) is 0 Å². The van der Waals surface area contributed by atoms with Gasteiger partial charge in [-0.1, -0.05) is 24.3 Å². The molecule has 0 atom stereocenters. The van der Waals surface area contributed by atoms with Gasteiger partial charge in [-0.2, -0.15) is 9.68 Å². The number of unbranched alkanes of at least 4 members (excludes halogenated alkanes) is 2. The number of aldehydes is 2. The molecule has 0 saturated carbocycles. The van der Waals surface area contributed by atoms with Crippen LogP contribution in [0.3, 0.4) is 0 Å². The van der Waals surface area contributed by atoms with E-state index >= 15 is 0 Å². The smallest absolute Gasteiger partial charge is 0.477 e. The Labute approximate surface area is 175 Å². The molecular formula is C22H26NO7+. The lowest BCUT2D eigenvalue weighted by Crippen LogP contribution is -2.13. The molecule has 8 heteroatoms. The van der Waals surface area contributed by atoms with Crippen molar-refractivity contribution in [2.45, 2.75) is 25.7 Å². The molecule has 0 radical (unpaired) electrons. The van der Waals surface area contributed by atoms with Crippen LogP contribution in [0.4, 0.5) is 0 Å². The maximum absolute atomic E-state index is 11.5. The third-order valence-electron chi connectivity index (χ3n) is 4.08. The van der Waals surface area contributed by atoms with Gasteiger partial charge < -0.3 is 9.47 Å². The van der Waals surface area contributed by atoms with Crippen LogP contribution < -0.4 is 9.47 Å². The minimum absolute atomic E-state index is 0.116. The standard InChI is InChI=1S/C22H26NO7/c24-17-19-9-1-3-11-21(19)27-13-5-7-15-29-23(26)30-16-8-6-14-28-22-12-4-2-10-20(22)18-25/h1-4,9-12,17-18H,5-8,13-16H2/q+1. The number of benzene rings is 2. The highest BCUT2D eigenvalue weighted by atomic mass is 17.0. The molecule has 0 aliphatic heterocycles. The Morgan fingerprint density at radius 3 is 1.47 bits per heavy atom. The molecule has 0 aliphatic rings. The van der Waals surface area contributed by atoms with Crippen molar-refractivity contribution >= 4 is 12.6 Å². The topological polar surface area (TPSA) is 91.1 Å². The molecule has 2 rings (SSSR count). The first-order chi connectivity index (χ1) is 14.7. The lowest BCUT2D eigenvalue weighted by molar-refractivity contribution is -0.981. The molecule has 2 aromatic carbocycles. The van der Waals surface area contributed by atoms with Gasteiger partial charge in [-0.15, -0.1) is 0 Å². The molecule has 30 heavy (non-hydrogen) atoms. The van der Waals surface area contributed by atoms with Gasteiger partial charge in [0.15, 0.2) is 25.8 Å². The summed E-state index contributed by atoms with van der Waals surface area (Å²) in [4.78, 5) is 43.1. The fourth-order valence-corrected chi connectivity index (χ4v) is 2.51. The lowest BCUT2D eigenvalue weighted by Gasteiger charge is -2.07. The van der Waals surface area contributed by atoms with Crippen LogP contribution in [0.15, 0.2) is 48.5 Å². The van der Waals surface area contributed by atoms with Crippen LogP contribution in [-0.4, -0.2) is 44.1 Å². The molecular weight excluding hydrogens is 390 g/mol. The van der Waals surface area contributed by atoms with E-state index in [0.717, 1.165) is 12.6 Å². The third-order valence-corrected chi connectivity index (χ3v) is 4.08. The summed E-state index contributed by atoms with van der Waals surface area (Å²) in [6, 6.07) is 14.0. The normalized spacial score (nSPS) is 10.1. The summed E-state index contributed by atoms with van der Waals surface area (Å²) < 4.78 is 11.1. The molecule has 0 spiro atoms. The summed E-state index contributed by atoms with van der Waals surface area (Å²) in [7, 11) is 0. The quantitative estimate of drug-likeness (QED) is 0.232. The minimum atomic E-state index is 0.116. The minimum Gasteiger partial charge on any atom is -0.493 e. The monoisotopic (exact) mass is 416 g/mol. The van der Waals surface area contributed by atoms with Crippen molar-refractivity contribution in [1.29, 1.82) is 0 Å². The lowest BCUT2D eigenvalue weighted by atomic mass is 10.2. The summed E-state index contributed by atoms with van der Waals surface area (Å²) in [5.41, 5.74) is 1.01. The van der Waals surface area contributed by atoms with Gasteiger partial charge in [0.1, 0.15) is 16.4 Å². The zero-order valence-corrected chi connectivity index (χ0v) is 16.7. The number of carbonyl (C=O) groups excluding carboxylic acids is 2. The van der Waals surface area contributed by atoms with Gasteiger partial charge in [-0.3, -0.25) is 9.59 Å². The second-order valence-electron chi connectivity index (χ2n) is 6.31. The average molecular weight is 416 g/mol. The molecule has 0 N–H and O–H groups in total. The molecule has 0 saturated heterocycles. The Balaban J connectivity index is 1.45. The van der Waals surface area contributed by atoms with E-state index in [0.29, 0.717) is 61.5 Å². The van der Waals surface area contributed by atoms with Crippen molar-refractivity contribution < 1.29 is 33.8 Å². The summed E-state index contributed by atoms with van der Waals surface area (Å²) in [5, 5.41) is 0.116.